The summed E-state index contributed by atoms with van der Waals surface area (Å²) in [5.74, 6) is -0.705. The molecule has 0 unspecified atom stereocenters. The summed E-state index contributed by atoms with van der Waals surface area (Å²) in [6.07, 6.45) is 0. The van der Waals surface area contributed by atoms with Gasteiger partial charge in [0.05, 0.1) is 0 Å². The molecule has 25 heavy (non-hydrogen) atoms. The van der Waals surface area contributed by atoms with Crippen molar-refractivity contribution in [2.24, 2.45) is 0 Å². The molecule has 1 N–H and O–H groups in total. The minimum absolute atomic E-state index is 0.111. The summed E-state index contributed by atoms with van der Waals surface area (Å²) < 4.78 is 13.6. The maximum atomic E-state index is 12.8. The molecule has 3 aromatic carbocycles. The van der Waals surface area contributed by atoms with Crippen LogP contribution in [0, 0.1) is 7.14 Å². The quantitative estimate of drug-likeness (QED) is 0.589. The van der Waals surface area contributed by atoms with Crippen LogP contribution < -0.4 is 19.3 Å². The van der Waals surface area contributed by atoms with Crippen LogP contribution in [-0.4, -0.2) is 18.2 Å². The van der Waals surface area contributed by atoms with Crippen molar-refractivity contribution < 1.29 is 35.3 Å². The average molecular weight is 449 g/mol. The Labute approximate surface area is 151 Å². The predicted octanol–water partition coefficient (Wildman–Crippen LogP) is 0.925. The summed E-state index contributed by atoms with van der Waals surface area (Å²) in [5.41, 5.74) is 0.124. The van der Waals surface area contributed by atoms with Crippen LogP contribution >= 0.6 is 0 Å². The van der Waals surface area contributed by atoms with E-state index in [0.29, 0.717) is 0 Å². The van der Waals surface area contributed by atoms with Crippen molar-refractivity contribution >= 4 is 5.97 Å². The number of benzene rings is 3. The van der Waals surface area contributed by atoms with Crippen LogP contribution in [0.5, 0.6) is 5.75 Å². The molecule has 0 aliphatic heterocycles. The van der Waals surface area contributed by atoms with E-state index in [2.05, 4.69) is 0 Å². The SMILES string of the molecule is CO[I-](OC(=O)c1ccccc1O)(c1ccccc1)c1ccccc1. The Morgan fingerprint density at radius 1 is 0.800 bits per heavy atom. The Balaban J connectivity index is 2.09. The predicted molar refractivity (Wildman–Crippen MR) is 90.8 cm³/mol. The molecular formula is C20H18IO4-. The number of halogens is 1. The van der Waals surface area contributed by atoms with Gasteiger partial charge in [-0.25, -0.2) is 0 Å². The standard InChI is InChI=1S/C20H18IO4/c1-24-21(16-10-4-2-5-11-16,17-12-6-3-7-13-17)25-20(23)18-14-8-9-15-19(18)22/h2-15,22H,1H3/q-1. The molecule has 0 fully saturated rings. The average Bonchev–Trinajstić information content (AvgIpc) is 2.68. The molecule has 0 spiro atoms. The van der Waals surface area contributed by atoms with Crippen molar-refractivity contribution in [1.82, 2.24) is 0 Å². The summed E-state index contributed by atoms with van der Waals surface area (Å²) in [6, 6.07) is 25.3. The summed E-state index contributed by atoms with van der Waals surface area (Å²) in [7, 11) is 1.56. The van der Waals surface area contributed by atoms with Gasteiger partial charge in [0.1, 0.15) is 0 Å². The van der Waals surface area contributed by atoms with Gasteiger partial charge in [-0.3, -0.25) is 0 Å². The molecule has 0 heterocycles. The Kier molecular flexibility index (Phi) is 5.35. The Morgan fingerprint density at radius 2 is 1.28 bits per heavy atom. The molecule has 0 aliphatic rings. The number of phenols is 1. The van der Waals surface area contributed by atoms with E-state index >= 15 is 0 Å². The second-order valence-electron chi connectivity index (χ2n) is 5.09. The van der Waals surface area contributed by atoms with Crippen LogP contribution in [0.15, 0.2) is 84.9 Å². The number of aromatic hydroxyl groups is 1. The van der Waals surface area contributed by atoms with E-state index in [1.54, 1.807) is 19.2 Å². The van der Waals surface area contributed by atoms with Crippen LogP contribution in [0.2, 0.25) is 0 Å². The molecule has 0 atom stereocenters. The van der Waals surface area contributed by atoms with Gasteiger partial charge in [-0.15, -0.1) is 0 Å². The van der Waals surface area contributed by atoms with E-state index in [1.807, 2.05) is 60.7 Å². The molecule has 0 aliphatic carbocycles. The summed E-state index contributed by atoms with van der Waals surface area (Å²) in [5, 5.41) is 9.97. The first-order valence-corrected chi connectivity index (χ1v) is 11.5. The van der Waals surface area contributed by atoms with E-state index in [0.717, 1.165) is 7.14 Å². The molecule has 130 valence electrons. The van der Waals surface area contributed by atoms with Gasteiger partial charge in [0, 0.05) is 0 Å². The Hall–Kier alpha value is -2.38. The van der Waals surface area contributed by atoms with Gasteiger partial charge in [0.15, 0.2) is 0 Å². The number of hydrogen-bond acceptors (Lipinski definition) is 4. The van der Waals surface area contributed by atoms with Crippen LogP contribution in [0.3, 0.4) is 0 Å². The summed E-state index contributed by atoms with van der Waals surface area (Å²) in [6.45, 7) is 0. The fraction of sp³-hybridized carbons (Fsp3) is 0.0500. The molecule has 4 nitrogen and oxygen atoms in total. The minimum atomic E-state index is -3.79. The van der Waals surface area contributed by atoms with Crippen molar-refractivity contribution in [3.05, 3.63) is 97.6 Å². The molecule has 3 aromatic rings. The van der Waals surface area contributed by atoms with Crippen molar-refractivity contribution in [3.63, 3.8) is 0 Å². The third-order valence-corrected chi connectivity index (χ3v) is 10.5. The second kappa shape index (κ2) is 7.67. The van der Waals surface area contributed by atoms with Gasteiger partial charge in [0.2, 0.25) is 0 Å². The molecular weight excluding hydrogens is 431 g/mol. The molecule has 3 rings (SSSR count). The third-order valence-electron chi connectivity index (χ3n) is 3.56. The number of phenolic OH excluding ortho intramolecular Hbond substituents is 1. The number of carbonyl (C=O) groups excluding carboxylic acids is 1. The zero-order chi connectivity index (χ0) is 17.7. The Morgan fingerprint density at radius 3 is 1.76 bits per heavy atom. The summed E-state index contributed by atoms with van der Waals surface area (Å²) >= 11 is -3.79. The first-order chi connectivity index (χ1) is 12.2. The van der Waals surface area contributed by atoms with Crippen molar-refractivity contribution in [3.8, 4) is 5.75 Å². The Bertz CT molecular complexity index is 810. The van der Waals surface area contributed by atoms with Gasteiger partial charge in [0.25, 0.3) is 0 Å². The molecule has 0 saturated heterocycles. The first kappa shape index (κ1) is 17.4. The van der Waals surface area contributed by atoms with Crippen LogP contribution in [0.4, 0.5) is 0 Å². The monoisotopic (exact) mass is 449 g/mol. The van der Waals surface area contributed by atoms with Crippen LogP contribution in [0.25, 0.3) is 0 Å². The van der Waals surface area contributed by atoms with E-state index < -0.39 is 25.2 Å². The van der Waals surface area contributed by atoms with Crippen molar-refractivity contribution in [1.29, 1.82) is 0 Å². The number of rotatable bonds is 5. The van der Waals surface area contributed by atoms with Crippen LogP contribution in [-0.2, 0) is 6.13 Å². The van der Waals surface area contributed by atoms with E-state index in [1.165, 1.54) is 12.1 Å². The van der Waals surface area contributed by atoms with Gasteiger partial charge < -0.3 is 0 Å². The number of carbonyl (C=O) groups is 1. The summed E-state index contributed by atoms with van der Waals surface area (Å²) in [4.78, 5) is 12.8. The molecule has 0 amide bonds. The van der Waals surface area contributed by atoms with Gasteiger partial charge >= 0.3 is 152 Å². The zero-order valence-corrected chi connectivity index (χ0v) is 15.8. The normalized spacial score (nSPS) is 11.7. The first-order valence-electron chi connectivity index (χ1n) is 7.63. The number of para-hydroxylation sites is 1. The fourth-order valence-electron chi connectivity index (χ4n) is 2.37. The topological polar surface area (TPSA) is 55.8 Å². The van der Waals surface area contributed by atoms with Crippen molar-refractivity contribution in [2.45, 2.75) is 0 Å². The fourth-order valence-corrected chi connectivity index (χ4v) is 8.32. The number of hydrogen-bond donors (Lipinski definition) is 1. The van der Waals surface area contributed by atoms with E-state index in [9.17, 15) is 9.90 Å². The molecule has 5 heteroatoms. The molecule has 0 aromatic heterocycles. The molecule has 0 saturated carbocycles. The van der Waals surface area contributed by atoms with E-state index in [-0.39, 0.29) is 11.3 Å². The third kappa shape index (κ3) is 3.52. The molecule has 0 bridgehead atoms. The maximum absolute atomic E-state index is 12.8. The van der Waals surface area contributed by atoms with Crippen molar-refractivity contribution in [2.75, 3.05) is 7.11 Å². The van der Waals surface area contributed by atoms with Gasteiger partial charge in [-0.1, -0.05) is 0 Å². The zero-order valence-electron chi connectivity index (χ0n) is 13.6. The van der Waals surface area contributed by atoms with Gasteiger partial charge in [-0.2, -0.15) is 0 Å². The molecule has 0 radical (unpaired) electrons. The van der Waals surface area contributed by atoms with Crippen LogP contribution in [0.1, 0.15) is 10.4 Å². The van der Waals surface area contributed by atoms with Gasteiger partial charge in [-0.05, 0) is 0 Å². The second-order valence-corrected chi connectivity index (χ2v) is 11.6. The van der Waals surface area contributed by atoms with E-state index in [4.69, 9.17) is 6.13 Å².